The highest BCUT2D eigenvalue weighted by Gasteiger charge is 2.36. The van der Waals surface area contributed by atoms with E-state index >= 15 is 0 Å². The number of hydrogen-bond acceptors (Lipinski definition) is 5. The maximum atomic E-state index is 8.86. The summed E-state index contributed by atoms with van der Waals surface area (Å²) in [6.45, 7) is 2.47. The number of aromatic nitrogens is 1. The largest absolute Gasteiger partial charge is 0.409 e. The summed E-state index contributed by atoms with van der Waals surface area (Å²) in [6, 6.07) is 4.36. The van der Waals surface area contributed by atoms with Crippen molar-refractivity contribution < 1.29 is 9.94 Å². The molecule has 2 unspecified atom stereocenters. The number of hydrogen-bond donors (Lipinski definition) is 2. The van der Waals surface area contributed by atoms with E-state index in [0.717, 1.165) is 31.7 Å². The van der Waals surface area contributed by atoms with E-state index in [-0.39, 0.29) is 5.84 Å². The summed E-state index contributed by atoms with van der Waals surface area (Å²) in [4.78, 5) is 6.66. The van der Waals surface area contributed by atoms with Crippen molar-refractivity contribution in [2.75, 3.05) is 13.2 Å². The van der Waals surface area contributed by atoms with Crippen molar-refractivity contribution in [2.45, 2.75) is 38.0 Å². The zero-order chi connectivity index (χ0) is 13.9. The van der Waals surface area contributed by atoms with Crippen molar-refractivity contribution in [3.8, 4) is 0 Å². The van der Waals surface area contributed by atoms with Crippen LogP contribution in [0, 0.1) is 0 Å². The number of nitrogens with two attached hydrogens (primary N) is 1. The molecule has 3 N–H and O–H groups in total. The lowest BCUT2D eigenvalue weighted by Gasteiger charge is -2.37. The van der Waals surface area contributed by atoms with Crippen LogP contribution >= 0.6 is 0 Å². The van der Waals surface area contributed by atoms with Gasteiger partial charge in [-0.25, -0.2) is 0 Å². The van der Waals surface area contributed by atoms with Crippen molar-refractivity contribution >= 4 is 5.84 Å². The molecule has 0 bridgehead atoms. The van der Waals surface area contributed by atoms with Gasteiger partial charge in [0.05, 0.1) is 12.7 Å². The second-order valence-electron chi connectivity index (χ2n) is 5.37. The minimum Gasteiger partial charge on any atom is -0.409 e. The second kappa shape index (κ2) is 5.76. The molecule has 1 aliphatic carbocycles. The molecule has 1 aromatic rings. The molecule has 0 spiro atoms. The fraction of sp³-hybridized carbons (Fsp3) is 0.571. The van der Waals surface area contributed by atoms with Gasteiger partial charge in [-0.15, -0.1) is 0 Å². The Bertz CT molecular complexity index is 506. The average Bonchev–Trinajstić information content (AvgIpc) is 2.96. The van der Waals surface area contributed by atoms with Gasteiger partial charge < -0.3 is 15.7 Å². The number of rotatable bonds is 3. The smallest absolute Gasteiger partial charge is 0.189 e. The summed E-state index contributed by atoms with van der Waals surface area (Å²) < 4.78 is 5.82. The summed E-state index contributed by atoms with van der Waals surface area (Å²) in [5.41, 5.74) is 7.26. The fourth-order valence-corrected chi connectivity index (χ4v) is 3.27. The van der Waals surface area contributed by atoms with Crippen LogP contribution in [0.2, 0.25) is 0 Å². The number of amidine groups is 1. The Labute approximate surface area is 118 Å². The maximum Gasteiger partial charge on any atom is 0.189 e. The Kier molecular flexibility index (Phi) is 3.84. The molecular weight excluding hydrogens is 256 g/mol. The van der Waals surface area contributed by atoms with E-state index in [1.165, 1.54) is 12.8 Å². The standard InChI is InChI=1S/C14H20N4O2/c15-14(17-19)13-10(3-2-6-16-13)9-18-7-8-20-12-5-1-4-11(12)18/h2-3,6,11-12,19H,1,4-5,7-9H2,(H2,15,17). The number of oxime groups is 1. The Balaban J connectivity index is 1.80. The Morgan fingerprint density at radius 3 is 3.30 bits per heavy atom. The van der Waals surface area contributed by atoms with E-state index in [1.807, 2.05) is 12.1 Å². The molecule has 0 aromatic carbocycles. The predicted octanol–water partition coefficient (Wildman–Crippen LogP) is 0.929. The molecule has 108 valence electrons. The van der Waals surface area contributed by atoms with Crippen LogP contribution in [0.15, 0.2) is 23.5 Å². The molecule has 0 radical (unpaired) electrons. The molecule has 6 nitrogen and oxygen atoms in total. The number of morpholine rings is 1. The van der Waals surface area contributed by atoms with E-state index in [1.54, 1.807) is 6.20 Å². The fourth-order valence-electron chi connectivity index (χ4n) is 3.27. The predicted molar refractivity (Wildman–Crippen MR) is 74.5 cm³/mol. The van der Waals surface area contributed by atoms with Gasteiger partial charge >= 0.3 is 0 Å². The molecule has 1 saturated heterocycles. The zero-order valence-electron chi connectivity index (χ0n) is 11.4. The number of ether oxygens (including phenoxy) is 1. The average molecular weight is 276 g/mol. The van der Waals surface area contributed by atoms with Gasteiger partial charge in [0, 0.05) is 25.3 Å². The molecule has 3 rings (SSSR count). The zero-order valence-corrected chi connectivity index (χ0v) is 11.4. The molecule has 20 heavy (non-hydrogen) atoms. The second-order valence-corrected chi connectivity index (χ2v) is 5.37. The van der Waals surface area contributed by atoms with Crippen LogP contribution in [0.25, 0.3) is 0 Å². The van der Waals surface area contributed by atoms with Crippen LogP contribution in [0.4, 0.5) is 0 Å². The molecule has 1 aliphatic heterocycles. The van der Waals surface area contributed by atoms with Crippen LogP contribution in [0.3, 0.4) is 0 Å². The lowest BCUT2D eigenvalue weighted by molar-refractivity contribution is -0.0588. The maximum absolute atomic E-state index is 8.86. The third kappa shape index (κ3) is 2.48. The Morgan fingerprint density at radius 2 is 2.45 bits per heavy atom. The summed E-state index contributed by atoms with van der Waals surface area (Å²) in [5, 5.41) is 11.9. The van der Waals surface area contributed by atoms with Gasteiger partial charge in [-0.2, -0.15) is 0 Å². The molecule has 0 amide bonds. The van der Waals surface area contributed by atoms with Gasteiger partial charge in [0.1, 0.15) is 5.69 Å². The third-order valence-electron chi connectivity index (χ3n) is 4.21. The van der Waals surface area contributed by atoms with Crippen LogP contribution in [0.1, 0.15) is 30.5 Å². The molecule has 6 heteroatoms. The molecule has 2 fully saturated rings. The van der Waals surface area contributed by atoms with Gasteiger partial charge in [-0.1, -0.05) is 11.2 Å². The van der Waals surface area contributed by atoms with Crippen LogP contribution in [0.5, 0.6) is 0 Å². The monoisotopic (exact) mass is 276 g/mol. The molecule has 1 saturated carbocycles. The summed E-state index contributed by atoms with van der Waals surface area (Å²) in [5.74, 6) is 0.0665. The number of nitrogens with zero attached hydrogens (tertiary/aromatic N) is 3. The topological polar surface area (TPSA) is 84.0 Å². The third-order valence-corrected chi connectivity index (χ3v) is 4.21. The Morgan fingerprint density at radius 1 is 1.55 bits per heavy atom. The molecule has 1 aromatic heterocycles. The Hall–Kier alpha value is -1.66. The first-order chi connectivity index (χ1) is 9.79. The highest BCUT2D eigenvalue weighted by atomic mass is 16.5. The summed E-state index contributed by atoms with van der Waals surface area (Å²) in [7, 11) is 0. The van der Waals surface area contributed by atoms with Gasteiger partial charge in [-0.3, -0.25) is 9.88 Å². The first kappa shape index (κ1) is 13.3. The number of pyridine rings is 1. The summed E-state index contributed by atoms with van der Waals surface area (Å²) in [6.07, 6.45) is 5.60. The normalized spacial score (nSPS) is 27.5. The SMILES string of the molecule is NC(=NO)c1ncccc1CN1CCOC2CCCC21. The van der Waals surface area contributed by atoms with Crippen LogP contribution in [-0.4, -0.2) is 46.2 Å². The van der Waals surface area contributed by atoms with Crippen LogP contribution in [-0.2, 0) is 11.3 Å². The first-order valence-electron chi connectivity index (χ1n) is 7.07. The highest BCUT2D eigenvalue weighted by molar-refractivity contribution is 5.96. The lowest BCUT2D eigenvalue weighted by Crippen LogP contribution is -2.48. The molecule has 2 heterocycles. The van der Waals surface area contributed by atoms with Crippen molar-refractivity contribution in [2.24, 2.45) is 10.9 Å². The van der Waals surface area contributed by atoms with Crippen molar-refractivity contribution in [3.63, 3.8) is 0 Å². The van der Waals surface area contributed by atoms with Gasteiger partial charge in [-0.05, 0) is 30.9 Å². The molecular formula is C14H20N4O2. The minimum absolute atomic E-state index is 0.0665. The minimum atomic E-state index is 0.0665. The first-order valence-corrected chi connectivity index (χ1v) is 7.07. The summed E-state index contributed by atoms with van der Waals surface area (Å²) >= 11 is 0. The molecule has 2 atom stereocenters. The molecule has 2 aliphatic rings. The van der Waals surface area contributed by atoms with Crippen molar-refractivity contribution in [1.82, 2.24) is 9.88 Å². The van der Waals surface area contributed by atoms with Gasteiger partial charge in [0.2, 0.25) is 0 Å². The lowest BCUT2D eigenvalue weighted by atomic mass is 10.1. The van der Waals surface area contributed by atoms with Crippen molar-refractivity contribution in [3.05, 3.63) is 29.6 Å². The quantitative estimate of drug-likeness (QED) is 0.371. The van der Waals surface area contributed by atoms with Crippen LogP contribution < -0.4 is 5.73 Å². The van der Waals surface area contributed by atoms with Crippen molar-refractivity contribution in [1.29, 1.82) is 0 Å². The number of fused-ring (bicyclic) bond motifs is 1. The van der Waals surface area contributed by atoms with Gasteiger partial charge in [0.25, 0.3) is 0 Å². The van der Waals surface area contributed by atoms with E-state index in [0.29, 0.717) is 17.8 Å². The van der Waals surface area contributed by atoms with E-state index in [9.17, 15) is 0 Å². The highest BCUT2D eigenvalue weighted by Crippen LogP contribution is 2.30. The van der Waals surface area contributed by atoms with Gasteiger partial charge in [0.15, 0.2) is 5.84 Å². The van der Waals surface area contributed by atoms with E-state index < -0.39 is 0 Å². The van der Waals surface area contributed by atoms with E-state index in [4.69, 9.17) is 15.7 Å². The van der Waals surface area contributed by atoms with E-state index in [2.05, 4.69) is 15.0 Å².